The Labute approximate surface area is 152 Å². The molecule has 0 radical (unpaired) electrons. The molecule has 2 atom stereocenters. The molecule has 2 fully saturated rings. The summed E-state index contributed by atoms with van der Waals surface area (Å²) in [5, 5.41) is 0. The van der Waals surface area contributed by atoms with Gasteiger partial charge in [0, 0.05) is 37.8 Å². The van der Waals surface area contributed by atoms with E-state index >= 15 is 0 Å². The lowest BCUT2D eigenvalue weighted by Crippen LogP contribution is -2.52. The molecule has 4 rings (SSSR count). The molecule has 26 heavy (non-hydrogen) atoms. The third-order valence-electron chi connectivity index (χ3n) is 5.53. The minimum absolute atomic E-state index is 0.0294. The normalized spacial score (nSPS) is 28.0. The van der Waals surface area contributed by atoms with Gasteiger partial charge < -0.3 is 9.64 Å². The first-order chi connectivity index (χ1) is 12.4. The predicted octanol–water partition coefficient (Wildman–Crippen LogP) is 0.620. The van der Waals surface area contributed by atoms with E-state index in [4.69, 9.17) is 4.74 Å². The Morgan fingerprint density at radius 2 is 1.88 bits per heavy atom. The Kier molecular flexibility index (Phi) is 4.48. The van der Waals surface area contributed by atoms with Gasteiger partial charge in [-0.25, -0.2) is 13.2 Å². The van der Waals surface area contributed by atoms with Crippen LogP contribution in [0, 0.1) is 0 Å². The van der Waals surface area contributed by atoms with Crippen LogP contribution in [0.4, 0.5) is 0 Å². The van der Waals surface area contributed by atoms with Crippen molar-refractivity contribution in [2.45, 2.75) is 25.0 Å². The van der Waals surface area contributed by atoms with Crippen molar-refractivity contribution in [1.29, 1.82) is 0 Å². The fourth-order valence-electron chi connectivity index (χ4n) is 4.06. The number of cyclic esters (lactones) is 1. The number of fused-ring (bicyclic) bond motifs is 1. The Morgan fingerprint density at radius 3 is 2.58 bits per heavy atom. The minimum atomic E-state index is -2.89. The molecule has 140 valence electrons. The minimum Gasteiger partial charge on any atom is -0.453 e. The van der Waals surface area contributed by atoms with Crippen LogP contribution in [-0.4, -0.2) is 73.8 Å². The number of benzene rings is 1. The van der Waals surface area contributed by atoms with Crippen LogP contribution in [0.5, 0.6) is 0 Å². The van der Waals surface area contributed by atoms with Crippen molar-refractivity contribution < 1.29 is 22.7 Å². The number of carbonyl (C=O) groups excluding carboxylic acids is 2. The Bertz CT molecular complexity index is 830. The van der Waals surface area contributed by atoms with Crippen LogP contribution in [0.2, 0.25) is 0 Å². The van der Waals surface area contributed by atoms with Gasteiger partial charge in [-0.15, -0.1) is 0 Å². The van der Waals surface area contributed by atoms with Gasteiger partial charge in [0.05, 0.1) is 23.5 Å². The van der Waals surface area contributed by atoms with Crippen LogP contribution in [0.3, 0.4) is 0 Å². The molecule has 1 amide bonds. The lowest BCUT2D eigenvalue weighted by Gasteiger charge is -2.37. The molecule has 0 N–H and O–H groups in total. The molecule has 3 heterocycles. The van der Waals surface area contributed by atoms with Crippen molar-refractivity contribution in [3.05, 3.63) is 35.4 Å². The highest BCUT2D eigenvalue weighted by atomic mass is 32.2. The highest BCUT2D eigenvalue weighted by molar-refractivity contribution is 7.91. The first-order valence-corrected chi connectivity index (χ1v) is 10.8. The zero-order chi connectivity index (χ0) is 18.3. The number of ether oxygens (including phenoxy) is 1. The topological polar surface area (TPSA) is 84.0 Å². The van der Waals surface area contributed by atoms with E-state index in [9.17, 15) is 18.0 Å². The van der Waals surface area contributed by atoms with Crippen molar-refractivity contribution >= 4 is 21.7 Å². The van der Waals surface area contributed by atoms with E-state index < -0.39 is 15.9 Å². The van der Waals surface area contributed by atoms with Crippen LogP contribution in [0.15, 0.2) is 24.3 Å². The molecule has 0 aliphatic carbocycles. The molecule has 0 unspecified atom stereocenters. The monoisotopic (exact) mass is 378 g/mol. The van der Waals surface area contributed by atoms with Gasteiger partial charge in [0.1, 0.15) is 6.10 Å². The number of carbonyl (C=O) groups is 2. The van der Waals surface area contributed by atoms with Gasteiger partial charge in [-0.3, -0.25) is 9.69 Å². The van der Waals surface area contributed by atoms with Crippen LogP contribution < -0.4 is 0 Å². The number of hydrogen-bond acceptors (Lipinski definition) is 6. The molecule has 8 heteroatoms. The zero-order valence-electron chi connectivity index (χ0n) is 14.5. The molecule has 0 spiro atoms. The quantitative estimate of drug-likeness (QED) is 0.717. The number of esters is 1. The summed E-state index contributed by atoms with van der Waals surface area (Å²) in [6.45, 7) is 2.54. The van der Waals surface area contributed by atoms with Crippen molar-refractivity contribution in [2.24, 2.45) is 0 Å². The van der Waals surface area contributed by atoms with E-state index in [0.29, 0.717) is 38.2 Å². The van der Waals surface area contributed by atoms with Gasteiger partial charge in [0.15, 0.2) is 9.84 Å². The largest absolute Gasteiger partial charge is 0.453 e. The maximum Gasteiger partial charge on any atom is 0.339 e. The number of hydrogen-bond donors (Lipinski definition) is 0. The summed E-state index contributed by atoms with van der Waals surface area (Å²) in [7, 11) is -2.89. The van der Waals surface area contributed by atoms with Gasteiger partial charge >= 0.3 is 5.97 Å². The second-order valence-electron chi connectivity index (χ2n) is 7.16. The second-order valence-corrected chi connectivity index (χ2v) is 9.39. The SMILES string of the molecule is O=C1O[C@@H](CC(=O)N2CCN([C@@H]3CCS(=O)(=O)C3)CC2)c2ccccc21. The Balaban J connectivity index is 1.33. The summed E-state index contributed by atoms with van der Waals surface area (Å²) in [5.41, 5.74) is 1.32. The van der Waals surface area contributed by atoms with Crippen LogP contribution in [0.25, 0.3) is 0 Å². The summed E-state index contributed by atoms with van der Waals surface area (Å²) in [6, 6.07) is 7.26. The van der Waals surface area contributed by atoms with E-state index in [1.807, 2.05) is 12.1 Å². The molecule has 2 saturated heterocycles. The molecule has 1 aromatic rings. The molecule has 3 aliphatic heterocycles. The summed E-state index contributed by atoms with van der Waals surface area (Å²) >= 11 is 0. The molecular weight excluding hydrogens is 356 g/mol. The first-order valence-electron chi connectivity index (χ1n) is 8.95. The predicted molar refractivity (Wildman–Crippen MR) is 94.4 cm³/mol. The molecule has 0 aromatic heterocycles. The smallest absolute Gasteiger partial charge is 0.339 e. The van der Waals surface area contributed by atoms with Gasteiger partial charge in [0.25, 0.3) is 0 Å². The number of sulfone groups is 1. The lowest BCUT2D eigenvalue weighted by atomic mass is 10.0. The van der Waals surface area contributed by atoms with E-state index in [1.54, 1.807) is 17.0 Å². The highest BCUT2D eigenvalue weighted by Crippen LogP contribution is 2.33. The number of nitrogens with zero attached hydrogens (tertiary/aromatic N) is 2. The lowest BCUT2D eigenvalue weighted by molar-refractivity contribution is -0.135. The van der Waals surface area contributed by atoms with E-state index in [2.05, 4.69) is 4.90 Å². The van der Waals surface area contributed by atoms with E-state index in [0.717, 1.165) is 5.56 Å². The number of amides is 1. The van der Waals surface area contributed by atoms with Crippen LogP contribution in [-0.2, 0) is 19.4 Å². The van der Waals surface area contributed by atoms with Crippen molar-refractivity contribution in [3.63, 3.8) is 0 Å². The van der Waals surface area contributed by atoms with Gasteiger partial charge in [0.2, 0.25) is 5.91 Å². The van der Waals surface area contributed by atoms with Crippen LogP contribution in [0.1, 0.15) is 34.9 Å². The first kappa shape index (κ1) is 17.5. The number of piperazine rings is 1. The second kappa shape index (κ2) is 6.66. The van der Waals surface area contributed by atoms with Crippen LogP contribution >= 0.6 is 0 Å². The summed E-state index contributed by atoms with van der Waals surface area (Å²) in [4.78, 5) is 28.5. The third kappa shape index (κ3) is 3.35. The fraction of sp³-hybridized carbons (Fsp3) is 0.556. The maximum absolute atomic E-state index is 12.6. The van der Waals surface area contributed by atoms with Crippen molar-refractivity contribution in [1.82, 2.24) is 9.80 Å². The molecule has 1 aromatic carbocycles. The standard InChI is InChI=1S/C18H22N2O5S/c21-17(11-16-14-3-1-2-4-15(14)18(22)25-16)20-8-6-19(7-9-20)13-5-10-26(23,24)12-13/h1-4,13,16H,5-12H2/t13-,16+/m1/s1. The zero-order valence-corrected chi connectivity index (χ0v) is 15.3. The number of rotatable bonds is 3. The Hall–Kier alpha value is -1.93. The van der Waals surface area contributed by atoms with Crippen molar-refractivity contribution in [3.8, 4) is 0 Å². The molecule has 0 bridgehead atoms. The Morgan fingerprint density at radius 1 is 1.15 bits per heavy atom. The molecular formula is C18H22N2O5S. The molecule has 3 aliphatic rings. The van der Waals surface area contributed by atoms with Gasteiger partial charge in [-0.2, -0.15) is 0 Å². The van der Waals surface area contributed by atoms with Gasteiger partial charge in [-0.05, 0) is 12.5 Å². The summed E-state index contributed by atoms with van der Waals surface area (Å²) in [5.74, 6) is 0.0998. The maximum atomic E-state index is 12.6. The molecule has 0 saturated carbocycles. The fourth-order valence-corrected chi connectivity index (χ4v) is 5.82. The van der Waals surface area contributed by atoms with E-state index in [1.165, 1.54) is 0 Å². The summed E-state index contributed by atoms with van der Waals surface area (Å²) in [6.07, 6.45) is 0.329. The highest BCUT2D eigenvalue weighted by Gasteiger charge is 2.36. The van der Waals surface area contributed by atoms with E-state index in [-0.39, 0.29) is 35.8 Å². The van der Waals surface area contributed by atoms with Gasteiger partial charge in [-0.1, -0.05) is 18.2 Å². The molecule has 7 nitrogen and oxygen atoms in total. The van der Waals surface area contributed by atoms with Crippen molar-refractivity contribution in [2.75, 3.05) is 37.7 Å². The average Bonchev–Trinajstić information content (AvgIpc) is 3.15. The summed E-state index contributed by atoms with van der Waals surface area (Å²) < 4.78 is 28.6. The average molecular weight is 378 g/mol. The third-order valence-corrected chi connectivity index (χ3v) is 7.28.